The van der Waals surface area contributed by atoms with Crippen LogP contribution in [0.25, 0.3) is 88.2 Å². The number of hydrogen-bond acceptors (Lipinski definition) is 1. The first-order chi connectivity index (χ1) is 26.5. The van der Waals surface area contributed by atoms with Gasteiger partial charge in [0.2, 0.25) is 0 Å². The maximum atomic E-state index is 8.10. The summed E-state index contributed by atoms with van der Waals surface area (Å²) in [6.07, 6.45) is 0. The minimum absolute atomic E-state index is 0.140. The maximum Gasteiger partial charge on any atom is 0.194 e. The van der Waals surface area contributed by atoms with Gasteiger partial charge in [-0.2, -0.15) is 0 Å². The molecule has 9 aromatic rings. The van der Waals surface area contributed by atoms with Crippen LogP contribution in [0.3, 0.4) is 0 Å². The van der Waals surface area contributed by atoms with Gasteiger partial charge in [0.1, 0.15) is 0 Å². The lowest BCUT2D eigenvalue weighted by Gasteiger charge is -2.21. The van der Waals surface area contributed by atoms with Gasteiger partial charge in [0.25, 0.3) is 0 Å². The van der Waals surface area contributed by atoms with Crippen molar-refractivity contribution in [3.8, 4) is 61.6 Å². The molecular formula is C51H35N3. The van der Waals surface area contributed by atoms with E-state index < -0.39 is 0 Å². The Morgan fingerprint density at radius 1 is 0.500 bits per heavy atom. The molecular weight excluding hydrogens is 655 g/mol. The van der Waals surface area contributed by atoms with Gasteiger partial charge in [-0.05, 0) is 75.3 Å². The summed E-state index contributed by atoms with van der Waals surface area (Å²) >= 11 is 0. The highest BCUT2D eigenvalue weighted by Gasteiger charge is 2.37. The second-order valence-electron chi connectivity index (χ2n) is 14.7. The molecule has 254 valence electrons. The molecule has 0 spiro atoms. The highest BCUT2D eigenvalue weighted by Crippen LogP contribution is 2.53. The molecule has 54 heavy (non-hydrogen) atoms. The van der Waals surface area contributed by atoms with Crippen molar-refractivity contribution in [2.45, 2.75) is 19.3 Å². The van der Waals surface area contributed by atoms with Gasteiger partial charge in [-0.1, -0.05) is 153 Å². The van der Waals surface area contributed by atoms with Gasteiger partial charge in [-0.15, -0.1) is 0 Å². The van der Waals surface area contributed by atoms with Crippen LogP contribution in [0.1, 0.15) is 25.0 Å². The van der Waals surface area contributed by atoms with E-state index in [4.69, 9.17) is 11.6 Å². The third-order valence-electron chi connectivity index (χ3n) is 11.2. The first-order valence-corrected chi connectivity index (χ1v) is 18.4. The lowest BCUT2D eigenvalue weighted by atomic mass is 9.82. The van der Waals surface area contributed by atoms with Crippen LogP contribution in [0, 0.1) is 6.57 Å². The van der Waals surface area contributed by atoms with E-state index in [9.17, 15) is 0 Å². The summed E-state index contributed by atoms with van der Waals surface area (Å²) in [5.41, 5.74) is 17.0. The van der Waals surface area contributed by atoms with Crippen molar-refractivity contribution in [2.75, 3.05) is 0 Å². The SMILES string of the molecule is [C-]#[N+]c1ccccc1-c1cc(-c2cc(-c3ccccc3)cc(-c3ccccc3)n2)cc(-n2c3ccccc3c3ccc4c(c32)-c2ccccc2C4(C)C)c1. The third kappa shape index (κ3) is 4.92. The van der Waals surface area contributed by atoms with E-state index in [1.54, 1.807) is 0 Å². The predicted molar refractivity (Wildman–Crippen MR) is 224 cm³/mol. The Morgan fingerprint density at radius 3 is 1.91 bits per heavy atom. The zero-order valence-electron chi connectivity index (χ0n) is 30.1. The fourth-order valence-electron chi connectivity index (χ4n) is 8.60. The molecule has 2 heterocycles. The Balaban J connectivity index is 1.32. The maximum absolute atomic E-state index is 8.10. The first-order valence-electron chi connectivity index (χ1n) is 18.4. The van der Waals surface area contributed by atoms with Crippen LogP contribution >= 0.6 is 0 Å². The van der Waals surface area contributed by atoms with Crippen LogP contribution in [0.15, 0.2) is 176 Å². The Morgan fingerprint density at radius 2 is 1.13 bits per heavy atom. The molecule has 0 saturated heterocycles. The number of para-hydroxylation sites is 2. The summed E-state index contributed by atoms with van der Waals surface area (Å²) in [5, 5.41) is 2.43. The van der Waals surface area contributed by atoms with Crippen LogP contribution in [-0.2, 0) is 5.41 Å². The average molecular weight is 690 g/mol. The third-order valence-corrected chi connectivity index (χ3v) is 11.2. The number of pyridine rings is 1. The number of hydrogen-bond donors (Lipinski definition) is 0. The Bertz CT molecular complexity index is 2900. The van der Waals surface area contributed by atoms with Crippen LogP contribution in [-0.4, -0.2) is 9.55 Å². The number of aromatic nitrogens is 2. The summed E-state index contributed by atoms with van der Waals surface area (Å²) < 4.78 is 2.45. The van der Waals surface area contributed by atoms with Crippen LogP contribution in [0.5, 0.6) is 0 Å². The largest absolute Gasteiger partial charge is 0.309 e. The molecule has 0 N–H and O–H groups in total. The van der Waals surface area contributed by atoms with Gasteiger partial charge in [0.15, 0.2) is 5.69 Å². The number of nitrogens with zero attached hydrogens (tertiary/aromatic N) is 3. The molecule has 0 fully saturated rings. The van der Waals surface area contributed by atoms with Crippen molar-refractivity contribution in [2.24, 2.45) is 0 Å². The van der Waals surface area contributed by atoms with Gasteiger partial charge in [-0.25, -0.2) is 9.83 Å². The standard InChI is InChI=1S/C51H35N3/c1-51(2)43-23-13-10-22-42(43)49-44(51)27-26-41-40-21-12-15-25-48(40)54(50(41)49)38-29-36(39-20-11-14-24-45(39)52-3)28-37(30-38)47-32-35(33-16-6-4-7-17-33)31-46(53-47)34-18-8-5-9-19-34/h4-32H,1-2H3. The normalized spacial score (nSPS) is 12.8. The minimum Gasteiger partial charge on any atom is -0.309 e. The van der Waals surface area contributed by atoms with E-state index in [0.29, 0.717) is 5.69 Å². The second-order valence-corrected chi connectivity index (χ2v) is 14.7. The number of benzene rings is 7. The second kappa shape index (κ2) is 12.3. The minimum atomic E-state index is -0.140. The van der Waals surface area contributed by atoms with Crippen LogP contribution < -0.4 is 0 Å². The molecule has 0 aliphatic heterocycles. The molecule has 7 aromatic carbocycles. The molecule has 0 radical (unpaired) electrons. The van der Waals surface area contributed by atoms with Crippen molar-refractivity contribution < 1.29 is 0 Å². The Labute approximate surface area is 315 Å². The number of rotatable bonds is 5. The first kappa shape index (κ1) is 31.7. The van der Waals surface area contributed by atoms with Crippen molar-refractivity contribution in [1.29, 1.82) is 0 Å². The Hall–Kier alpha value is -7.02. The van der Waals surface area contributed by atoms with Crippen LogP contribution in [0.4, 0.5) is 5.69 Å². The van der Waals surface area contributed by atoms with Crippen molar-refractivity contribution in [3.05, 3.63) is 198 Å². The van der Waals surface area contributed by atoms with Crippen molar-refractivity contribution >= 4 is 27.5 Å². The Kier molecular flexibility index (Phi) is 7.22. The van der Waals surface area contributed by atoms with E-state index in [-0.39, 0.29) is 5.41 Å². The molecule has 3 heteroatoms. The predicted octanol–water partition coefficient (Wildman–Crippen LogP) is 13.7. The monoisotopic (exact) mass is 689 g/mol. The van der Waals surface area contributed by atoms with Gasteiger partial charge in [-0.3, -0.25) is 0 Å². The lowest BCUT2D eigenvalue weighted by Crippen LogP contribution is -2.14. The molecule has 1 aliphatic rings. The van der Waals surface area contributed by atoms with E-state index in [1.807, 2.05) is 24.3 Å². The van der Waals surface area contributed by atoms with E-state index >= 15 is 0 Å². The highest BCUT2D eigenvalue weighted by molar-refractivity contribution is 6.15. The van der Waals surface area contributed by atoms with E-state index in [0.717, 1.165) is 56.0 Å². The molecule has 3 nitrogen and oxygen atoms in total. The molecule has 0 bridgehead atoms. The summed E-state index contributed by atoms with van der Waals surface area (Å²) in [4.78, 5) is 9.33. The topological polar surface area (TPSA) is 22.2 Å². The van der Waals surface area contributed by atoms with Crippen molar-refractivity contribution in [1.82, 2.24) is 9.55 Å². The smallest absolute Gasteiger partial charge is 0.194 e. The molecule has 1 aliphatic carbocycles. The zero-order valence-corrected chi connectivity index (χ0v) is 30.1. The van der Waals surface area contributed by atoms with E-state index in [2.05, 4.69) is 175 Å². The molecule has 0 saturated carbocycles. The molecule has 0 amide bonds. The summed E-state index contributed by atoms with van der Waals surface area (Å²) in [5.74, 6) is 0. The summed E-state index contributed by atoms with van der Waals surface area (Å²) in [6.45, 7) is 12.8. The van der Waals surface area contributed by atoms with Crippen LogP contribution in [0.2, 0.25) is 0 Å². The lowest BCUT2D eigenvalue weighted by molar-refractivity contribution is 0.661. The zero-order chi connectivity index (χ0) is 36.4. The van der Waals surface area contributed by atoms with Gasteiger partial charge in [0, 0.05) is 38.6 Å². The fourth-order valence-corrected chi connectivity index (χ4v) is 8.60. The molecule has 2 aromatic heterocycles. The molecule has 10 rings (SSSR count). The van der Waals surface area contributed by atoms with Gasteiger partial charge >= 0.3 is 0 Å². The fraction of sp³-hybridized carbons (Fsp3) is 0.0588. The average Bonchev–Trinajstić information content (AvgIpc) is 3.69. The molecule has 0 unspecified atom stereocenters. The summed E-state index contributed by atoms with van der Waals surface area (Å²) in [6, 6.07) is 62.2. The van der Waals surface area contributed by atoms with E-state index in [1.165, 1.54) is 38.5 Å². The van der Waals surface area contributed by atoms with Gasteiger partial charge in [0.05, 0.1) is 29.0 Å². The van der Waals surface area contributed by atoms with Crippen molar-refractivity contribution in [3.63, 3.8) is 0 Å². The number of fused-ring (bicyclic) bond motifs is 7. The highest BCUT2D eigenvalue weighted by atomic mass is 15.0. The summed E-state index contributed by atoms with van der Waals surface area (Å²) in [7, 11) is 0. The quantitative estimate of drug-likeness (QED) is 0.165. The molecule has 0 atom stereocenters. The van der Waals surface area contributed by atoms with Gasteiger partial charge < -0.3 is 4.57 Å².